The monoisotopic (exact) mass is 232 g/mol. The molecule has 1 aliphatic heterocycles. The number of nitrogens with one attached hydrogen (secondary N) is 1. The van der Waals surface area contributed by atoms with Gasteiger partial charge in [-0.3, -0.25) is 4.90 Å². The molecule has 2 nitrogen and oxygen atoms in total. The molecule has 1 aromatic carbocycles. The van der Waals surface area contributed by atoms with Crippen LogP contribution < -0.4 is 5.32 Å². The quantitative estimate of drug-likeness (QED) is 0.860. The highest BCUT2D eigenvalue weighted by Gasteiger charge is 2.14. The van der Waals surface area contributed by atoms with E-state index in [2.05, 4.69) is 48.3 Å². The highest BCUT2D eigenvalue weighted by atomic mass is 15.2. The molecule has 17 heavy (non-hydrogen) atoms. The van der Waals surface area contributed by atoms with Gasteiger partial charge in [0.2, 0.25) is 0 Å². The molecule has 2 heteroatoms. The fourth-order valence-corrected chi connectivity index (χ4v) is 2.46. The first-order chi connectivity index (χ1) is 8.28. The molecule has 1 aromatic rings. The topological polar surface area (TPSA) is 15.3 Å². The van der Waals surface area contributed by atoms with E-state index < -0.39 is 0 Å². The molecule has 0 aliphatic carbocycles. The lowest BCUT2D eigenvalue weighted by Gasteiger charge is -2.22. The van der Waals surface area contributed by atoms with Crippen molar-refractivity contribution < 1.29 is 0 Å². The SMILES string of the molecule is CCc1ccc(CN2CCNCC(C)C2)cc1. The van der Waals surface area contributed by atoms with E-state index in [0.29, 0.717) is 0 Å². The standard InChI is InChI=1S/C15H24N2/c1-3-14-4-6-15(7-5-14)12-17-9-8-16-10-13(2)11-17/h4-7,13,16H,3,8-12H2,1-2H3. The van der Waals surface area contributed by atoms with Gasteiger partial charge in [0, 0.05) is 26.2 Å². The zero-order chi connectivity index (χ0) is 12.1. The number of benzene rings is 1. The summed E-state index contributed by atoms with van der Waals surface area (Å²) < 4.78 is 0. The Labute approximate surface area is 105 Å². The predicted octanol–water partition coefficient (Wildman–Crippen LogP) is 2.29. The summed E-state index contributed by atoms with van der Waals surface area (Å²) in [7, 11) is 0. The van der Waals surface area contributed by atoms with Gasteiger partial charge in [0.25, 0.3) is 0 Å². The maximum absolute atomic E-state index is 3.49. The van der Waals surface area contributed by atoms with Crippen LogP contribution in [0.15, 0.2) is 24.3 Å². The van der Waals surface area contributed by atoms with E-state index >= 15 is 0 Å². The number of hydrogen-bond acceptors (Lipinski definition) is 2. The Hall–Kier alpha value is -0.860. The van der Waals surface area contributed by atoms with E-state index in [4.69, 9.17) is 0 Å². The Morgan fingerprint density at radius 2 is 1.94 bits per heavy atom. The normalized spacial score (nSPS) is 22.4. The van der Waals surface area contributed by atoms with E-state index in [9.17, 15) is 0 Å². The summed E-state index contributed by atoms with van der Waals surface area (Å²) in [6.45, 7) is 10.3. The Balaban J connectivity index is 1.94. The third-order valence-electron chi connectivity index (χ3n) is 3.50. The molecule has 1 N–H and O–H groups in total. The molecule has 0 radical (unpaired) electrons. The second-order valence-corrected chi connectivity index (χ2v) is 5.21. The van der Waals surface area contributed by atoms with Gasteiger partial charge in [-0.15, -0.1) is 0 Å². The van der Waals surface area contributed by atoms with Crippen LogP contribution in [0, 0.1) is 5.92 Å². The van der Waals surface area contributed by atoms with Gasteiger partial charge in [-0.05, 0) is 30.0 Å². The lowest BCUT2D eigenvalue weighted by molar-refractivity contribution is 0.257. The summed E-state index contributed by atoms with van der Waals surface area (Å²) in [6.07, 6.45) is 1.13. The van der Waals surface area contributed by atoms with Crippen molar-refractivity contribution in [3.63, 3.8) is 0 Å². The average Bonchev–Trinajstić information content (AvgIpc) is 2.55. The summed E-state index contributed by atoms with van der Waals surface area (Å²) >= 11 is 0. The Morgan fingerprint density at radius 1 is 1.24 bits per heavy atom. The van der Waals surface area contributed by atoms with Crippen LogP contribution in [0.2, 0.25) is 0 Å². The van der Waals surface area contributed by atoms with Gasteiger partial charge in [0.05, 0.1) is 0 Å². The van der Waals surface area contributed by atoms with Crippen LogP contribution >= 0.6 is 0 Å². The van der Waals surface area contributed by atoms with Crippen LogP contribution in [0.4, 0.5) is 0 Å². The molecular weight excluding hydrogens is 208 g/mol. The Bertz CT molecular complexity index is 331. The molecule has 2 rings (SSSR count). The van der Waals surface area contributed by atoms with Crippen molar-refractivity contribution in [2.45, 2.75) is 26.8 Å². The fraction of sp³-hybridized carbons (Fsp3) is 0.600. The van der Waals surface area contributed by atoms with Crippen LogP contribution in [-0.4, -0.2) is 31.1 Å². The molecule has 0 aromatic heterocycles. The van der Waals surface area contributed by atoms with Gasteiger partial charge >= 0.3 is 0 Å². The Morgan fingerprint density at radius 3 is 2.65 bits per heavy atom. The Kier molecular flexibility index (Phi) is 4.57. The van der Waals surface area contributed by atoms with Crippen LogP contribution in [0.1, 0.15) is 25.0 Å². The number of aryl methyl sites for hydroxylation is 1. The lowest BCUT2D eigenvalue weighted by Crippen LogP contribution is -2.28. The average molecular weight is 232 g/mol. The molecule has 1 heterocycles. The van der Waals surface area contributed by atoms with Crippen LogP contribution in [0.3, 0.4) is 0 Å². The largest absolute Gasteiger partial charge is 0.315 e. The summed E-state index contributed by atoms with van der Waals surface area (Å²) in [4.78, 5) is 2.56. The van der Waals surface area contributed by atoms with Crippen molar-refractivity contribution >= 4 is 0 Å². The van der Waals surface area contributed by atoms with E-state index in [0.717, 1.165) is 32.0 Å². The summed E-state index contributed by atoms with van der Waals surface area (Å²) in [6, 6.07) is 9.08. The molecule has 94 valence electrons. The van der Waals surface area contributed by atoms with Gasteiger partial charge in [-0.25, -0.2) is 0 Å². The van der Waals surface area contributed by atoms with Crippen molar-refractivity contribution in [2.24, 2.45) is 5.92 Å². The van der Waals surface area contributed by atoms with Gasteiger partial charge in [0.15, 0.2) is 0 Å². The van der Waals surface area contributed by atoms with Crippen molar-refractivity contribution in [1.82, 2.24) is 10.2 Å². The predicted molar refractivity (Wildman–Crippen MR) is 73.1 cm³/mol. The molecule has 1 fully saturated rings. The molecule has 0 bridgehead atoms. The highest BCUT2D eigenvalue weighted by molar-refractivity contribution is 5.22. The molecular formula is C15H24N2. The third-order valence-corrected chi connectivity index (χ3v) is 3.50. The smallest absolute Gasteiger partial charge is 0.0234 e. The van der Waals surface area contributed by atoms with Crippen molar-refractivity contribution in [3.05, 3.63) is 35.4 Å². The minimum atomic E-state index is 0.757. The number of rotatable bonds is 3. The third kappa shape index (κ3) is 3.83. The van der Waals surface area contributed by atoms with Crippen molar-refractivity contribution in [3.8, 4) is 0 Å². The van der Waals surface area contributed by atoms with Gasteiger partial charge < -0.3 is 5.32 Å². The minimum absolute atomic E-state index is 0.757. The first kappa shape index (κ1) is 12.6. The number of nitrogens with zero attached hydrogens (tertiary/aromatic N) is 1. The minimum Gasteiger partial charge on any atom is -0.315 e. The van der Waals surface area contributed by atoms with E-state index in [-0.39, 0.29) is 0 Å². The van der Waals surface area contributed by atoms with E-state index in [1.165, 1.54) is 24.2 Å². The van der Waals surface area contributed by atoms with Crippen LogP contribution in [-0.2, 0) is 13.0 Å². The first-order valence-electron chi connectivity index (χ1n) is 6.79. The molecule has 0 saturated carbocycles. The van der Waals surface area contributed by atoms with E-state index in [1.54, 1.807) is 0 Å². The van der Waals surface area contributed by atoms with Crippen LogP contribution in [0.5, 0.6) is 0 Å². The fourth-order valence-electron chi connectivity index (χ4n) is 2.46. The zero-order valence-corrected chi connectivity index (χ0v) is 11.1. The van der Waals surface area contributed by atoms with Crippen LogP contribution in [0.25, 0.3) is 0 Å². The van der Waals surface area contributed by atoms with Gasteiger partial charge in [-0.1, -0.05) is 38.1 Å². The second-order valence-electron chi connectivity index (χ2n) is 5.21. The number of hydrogen-bond donors (Lipinski definition) is 1. The van der Waals surface area contributed by atoms with Crippen molar-refractivity contribution in [2.75, 3.05) is 26.2 Å². The van der Waals surface area contributed by atoms with Crippen molar-refractivity contribution in [1.29, 1.82) is 0 Å². The molecule has 0 spiro atoms. The zero-order valence-electron chi connectivity index (χ0n) is 11.1. The summed E-state index contributed by atoms with van der Waals surface area (Å²) in [5, 5.41) is 3.49. The molecule has 1 unspecified atom stereocenters. The second kappa shape index (κ2) is 6.18. The lowest BCUT2D eigenvalue weighted by atomic mass is 10.1. The molecule has 1 aliphatic rings. The summed E-state index contributed by atoms with van der Waals surface area (Å²) in [5.74, 6) is 0.757. The van der Waals surface area contributed by atoms with Gasteiger partial charge in [-0.2, -0.15) is 0 Å². The maximum Gasteiger partial charge on any atom is 0.0234 e. The summed E-state index contributed by atoms with van der Waals surface area (Å²) in [5.41, 5.74) is 2.87. The van der Waals surface area contributed by atoms with E-state index in [1.807, 2.05) is 0 Å². The highest BCUT2D eigenvalue weighted by Crippen LogP contribution is 2.10. The molecule has 1 atom stereocenters. The molecule has 0 amide bonds. The maximum atomic E-state index is 3.49. The molecule has 1 saturated heterocycles. The van der Waals surface area contributed by atoms with Gasteiger partial charge in [0.1, 0.15) is 0 Å². The first-order valence-corrected chi connectivity index (χ1v) is 6.79.